The number of aromatic nitrogens is 1. The Balaban J connectivity index is 1.47. The molecule has 1 aliphatic carbocycles. The number of amides is 1. The number of benzene rings is 1. The van der Waals surface area contributed by atoms with Crippen LogP contribution in [0.1, 0.15) is 48.8 Å². The van der Waals surface area contributed by atoms with Crippen LogP contribution in [0.4, 0.5) is 0 Å². The van der Waals surface area contributed by atoms with Gasteiger partial charge < -0.3 is 10.1 Å². The third-order valence-corrected chi connectivity index (χ3v) is 7.53. The number of carbonyl (C=O) groups excluding carboxylic acids is 1. The lowest BCUT2D eigenvalue weighted by molar-refractivity contribution is -0.120. The van der Waals surface area contributed by atoms with Crippen LogP contribution in [-0.4, -0.2) is 30.3 Å². The summed E-state index contributed by atoms with van der Waals surface area (Å²) in [5.41, 5.74) is 2.96. The summed E-state index contributed by atoms with van der Waals surface area (Å²) in [6, 6.07) is 9.59. The minimum absolute atomic E-state index is 0.0000910. The second-order valence-electron chi connectivity index (χ2n) is 7.68. The predicted molar refractivity (Wildman–Crippen MR) is 113 cm³/mol. The first-order valence-electron chi connectivity index (χ1n) is 10.0. The van der Waals surface area contributed by atoms with Crippen molar-refractivity contribution < 1.29 is 17.9 Å². The summed E-state index contributed by atoms with van der Waals surface area (Å²) < 4.78 is 30.3. The maximum absolute atomic E-state index is 12.2. The van der Waals surface area contributed by atoms with Gasteiger partial charge in [-0.15, -0.1) is 0 Å². The number of aryl methyl sites for hydroxylation is 2. The molecule has 0 aliphatic heterocycles. The van der Waals surface area contributed by atoms with E-state index < -0.39 is 9.84 Å². The lowest BCUT2D eigenvalue weighted by atomic mass is 10.1. The molecule has 156 valence electrons. The van der Waals surface area contributed by atoms with Crippen molar-refractivity contribution >= 4 is 15.7 Å². The minimum atomic E-state index is -3.17. The van der Waals surface area contributed by atoms with E-state index in [1.54, 1.807) is 12.3 Å². The molecule has 29 heavy (non-hydrogen) atoms. The smallest absolute Gasteiger partial charge is 0.221 e. The molecule has 1 amide bonds. The van der Waals surface area contributed by atoms with Gasteiger partial charge in [0.05, 0.1) is 11.0 Å². The van der Waals surface area contributed by atoms with Gasteiger partial charge >= 0.3 is 0 Å². The summed E-state index contributed by atoms with van der Waals surface area (Å²) in [6.07, 6.45) is 5.03. The van der Waals surface area contributed by atoms with E-state index in [0.717, 1.165) is 48.1 Å². The van der Waals surface area contributed by atoms with Crippen LogP contribution in [-0.2, 0) is 21.2 Å². The maximum Gasteiger partial charge on any atom is 0.221 e. The lowest BCUT2D eigenvalue weighted by Crippen LogP contribution is -2.28. The van der Waals surface area contributed by atoms with Crippen molar-refractivity contribution in [1.82, 2.24) is 10.3 Å². The summed E-state index contributed by atoms with van der Waals surface area (Å²) in [5.74, 6) is 0.908. The fourth-order valence-corrected chi connectivity index (χ4v) is 5.30. The highest BCUT2D eigenvalue weighted by Crippen LogP contribution is 2.26. The number of nitrogens with one attached hydrogen (secondary N) is 1. The Kier molecular flexibility index (Phi) is 6.90. The summed E-state index contributed by atoms with van der Waals surface area (Å²) in [4.78, 5) is 16.3. The molecule has 1 aromatic heterocycles. The zero-order valence-electron chi connectivity index (χ0n) is 17.0. The van der Waals surface area contributed by atoms with Crippen molar-refractivity contribution in [2.75, 3.05) is 5.75 Å². The quantitative estimate of drug-likeness (QED) is 0.706. The number of rotatable bonds is 8. The predicted octanol–water partition coefficient (Wildman–Crippen LogP) is 3.85. The highest BCUT2D eigenvalue weighted by molar-refractivity contribution is 7.92. The second kappa shape index (κ2) is 9.39. The van der Waals surface area contributed by atoms with E-state index in [1.165, 1.54) is 0 Å². The number of hydrogen-bond acceptors (Lipinski definition) is 5. The Bertz CT molecular complexity index is 949. The van der Waals surface area contributed by atoms with Gasteiger partial charge in [0.2, 0.25) is 11.8 Å². The zero-order chi connectivity index (χ0) is 20.9. The molecule has 6 nitrogen and oxygen atoms in total. The summed E-state index contributed by atoms with van der Waals surface area (Å²) in [7, 11) is -3.17. The van der Waals surface area contributed by atoms with Crippen LogP contribution >= 0.6 is 0 Å². The van der Waals surface area contributed by atoms with E-state index in [9.17, 15) is 13.2 Å². The van der Waals surface area contributed by atoms with Crippen molar-refractivity contribution in [1.29, 1.82) is 0 Å². The summed E-state index contributed by atoms with van der Waals surface area (Å²) in [5, 5.41) is 2.50. The van der Waals surface area contributed by atoms with Crippen LogP contribution in [0.3, 0.4) is 0 Å². The van der Waals surface area contributed by atoms with E-state index in [1.807, 2.05) is 38.1 Å². The summed E-state index contributed by atoms with van der Waals surface area (Å²) >= 11 is 0. The lowest BCUT2D eigenvalue weighted by Gasteiger charge is -2.11. The van der Waals surface area contributed by atoms with Gasteiger partial charge in [0.1, 0.15) is 5.75 Å². The fourth-order valence-electron chi connectivity index (χ4n) is 3.44. The molecule has 3 rings (SSSR count). The van der Waals surface area contributed by atoms with Crippen molar-refractivity contribution in [3.63, 3.8) is 0 Å². The molecule has 0 unspecified atom stereocenters. The third-order valence-electron chi connectivity index (χ3n) is 5.27. The molecule has 0 atom stereocenters. The van der Waals surface area contributed by atoms with Crippen LogP contribution < -0.4 is 10.1 Å². The average Bonchev–Trinajstić information content (AvgIpc) is 3.25. The van der Waals surface area contributed by atoms with E-state index in [0.29, 0.717) is 12.4 Å². The average molecular weight is 417 g/mol. The van der Waals surface area contributed by atoms with Crippen molar-refractivity contribution in [3.8, 4) is 11.6 Å². The molecule has 1 aromatic carbocycles. The molecule has 0 radical (unpaired) electrons. The first-order valence-corrected chi connectivity index (χ1v) is 11.7. The van der Waals surface area contributed by atoms with Crippen LogP contribution in [0.25, 0.3) is 0 Å². The molecular weight excluding hydrogens is 388 g/mol. The molecule has 0 bridgehead atoms. The standard InChI is InChI=1S/C22H28N2O4S/c1-16-7-8-17(2)20(13-16)28-22-10-9-18(15-24-22)14-23-21(25)11-12-29(26,27)19-5-3-4-6-19/h7-10,13,15,19H,3-6,11-12,14H2,1-2H3,(H,23,25). The largest absolute Gasteiger partial charge is 0.439 e. The van der Waals surface area contributed by atoms with Crippen molar-refractivity contribution in [2.24, 2.45) is 0 Å². The number of pyridine rings is 1. The number of hydrogen-bond donors (Lipinski definition) is 1. The molecule has 1 heterocycles. The normalized spacial score (nSPS) is 14.7. The van der Waals surface area contributed by atoms with Gasteiger partial charge in [0, 0.05) is 25.2 Å². The molecule has 7 heteroatoms. The van der Waals surface area contributed by atoms with Gasteiger partial charge in [-0.25, -0.2) is 13.4 Å². The SMILES string of the molecule is Cc1ccc(C)c(Oc2ccc(CNC(=O)CCS(=O)(=O)C3CCCC3)cn2)c1. The Morgan fingerprint density at radius 1 is 1.17 bits per heavy atom. The van der Waals surface area contributed by atoms with E-state index in [4.69, 9.17) is 4.74 Å². The van der Waals surface area contributed by atoms with Crippen LogP contribution in [0.15, 0.2) is 36.5 Å². The van der Waals surface area contributed by atoms with Gasteiger partial charge in [-0.3, -0.25) is 4.79 Å². The molecule has 0 saturated heterocycles. The third kappa shape index (κ3) is 6.03. The molecule has 1 saturated carbocycles. The Morgan fingerprint density at radius 3 is 2.62 bits per heavy atom. The minimum Gasteiger partial charge on any atom is -0.439 e. The Hall–Kier alpha value is -2.41. The molecular formula is C22H28N2O4S. The summed E-state index contributed by atoms with van der Waals surface area (Å²) in [6.45, 7) is 4.29. The van der Waals surface area contributed by atoms with Gasteiger partial charge in [-0.05, 0) is 49.4 Å². The Labute approximate surface area is 172 Å². The topological polar surface area (TPSA) is 85.4 Å². The monoisotopic (exact) mass is 416 g/mol. The fraction of sp³-hybridized carbons (Fsp3) is 0.455. The zero-order valence-corrected chi connectivity index (χ0v) is 17.8. The number of nitrogens with zero attached hydrogens (tertiary/aromatic N) is 1. The molecule has 1 N–H and O–H groups in total. The van der Waals surface area contributed by atoms with Gasteiger partial charge in [0.15, 0.2) is 9.84 Å². The first-order chi connectivity index (χ1) is 13.8. The molecule has 2 aromatic rings. The highest BCUT2D eigenvalue weighted by atomic mass is 32.2. The number of sulfone groups is 1. The van der Waals surface area contributed by atoms with E-state index >= 15 is 0 Å². The first kappa shape index (κ1) is 21.3. The maximum atomic E-state index is 12.2. The van der Waals surface area contributed by atoms with Crippen LogP contribution in [0, 0.1) is 13.8 Å². The van der Waals surface area contributed by atoms with Crippen LogP contribution in [0.5, 0.6) is 11.6 Å². The number of ether oxygens (including phenoxy) is 1. The molecule has 1 fully saturated rings. The Morgan fingerprint density at radius 2 is 1.93 bits per heavy atom. The van der Waals surface area contributed by atoms with Gasteiger partial charge in [-0.1, -0.05) is 31.0 Å². The van der Waals surface area contributed by atoms with E-state index in [2.05, 4.69) is 10.3 Å². The van der Waals surface area contributed by atoms with Crippen LogP contribution in [0.2, 0.25) is 0 Å². The molecule has 1 aliphatic rings. The van der Waals surface area contributed by atoms with Crippen molar-refractivity contribution in [2.45, 2.75) is 57.7 Å². The van der Waals surface area contributed by atoms with Gasteiger partial charge in [-0.2, -0.15) is 0 Å². The highest BCUT2D eigenvalue weighted by Gasteiger charge is 2.28. The molecule has 0 spiro atoms. The second-order valence-corrected chi connectivity index (χ2v) is 10.1. The van der Waals surface area contributed by atoms with Gasteiger partial charge in [0.25, 0.3) is 0 Å². The number of carbonyl (C=O) groups is 1. The van der Waals surface area contributed by atoms with E-state index in [-0.39, 0.29) is 23.3 Å². The van der Waals surface area contributed by atoms with Crippen molar-refractivity contribution in [3.05, 3.63) is 53.2 Å².